The lowest BCUT2D eigenvalue weighted by Crippen LogP contribution is -2.39. The lowest BCUT2D eigenvalue weighted by Gasteiger charge is -2.16. The lowest BCUT2D eigenvalue weighted by molar-refractivity contribution is -0.142. The highest BCUT2D eigenvalue weighted by molar-refractivity contribution is 5.92. The van der Waals surface area contributed by atoms with Gasteiger partial charge in [-0.15, -0.1) is 0 Å². The van der Waals surface area contributed by atoms with Crippen LogP contribution in [0.15, 0.2) is 22.6 Å². The van der Waals surface area contributed by atoms with E-state index in [2.05, 4.69) is 5.32 Å². The molecular formula is C14H17NO4. The van der Waals surface area contributed by atoms with E-state index in [0.717, 1.165) is 18.6 Å². The maximum atomic E-state index is 11.7. The minimum Gasteiger partial charge on any atom is -0.481 e. The molecule has 0 aliphatic heterocycles. The second-order valence-electron chi connectivity index (χ2n) is 4.77. The first-order valence-electron chi connectivity index (χ1n) is 6.34. The van der Waals surface area contributed by atoms with Crippen molar-refractivity contribution in [2.75, 3.05) is 0 Å². The number of carboxylic acids is 1. The molecule has 0 radical (unpaired) electrons. The van der Waals surface area contributed by atoms with E-state index >= 15 is 0 Å². The fourth-order valence-electron chi connectivity index (χ4n) is 2.36. The van der Waals surface area contributed by atoms with Gasteiger partial charge in [-0.25, -0.2) is 0 Å². The number of hydrogen-bond donors (Lipinski definition) is 2. The Kier molecular flexibility index (Phi) is 4.04. The van der Waals surface area contributed by atoms with Crippen LogP contribution in [0.1, 0.15) is 30.8 Å². The highest BCUT2D eigenvalue weighted by Crippen LogP contribution is 2.25. The quantitative estimate of drug-likeness (QED) is 0.814. The molecule has 2 N–H and O–H groups in total. The molecular weight excluding hydrogens is 246 g/mol. The summed E-state index contributed by atoms with van der Waals surface area (Å²) in [4.78, 5) is 22.7. The van der Waals surface area contributed by atoms with E-state index in [-0.39, 0.29) is 11.9 Å². The summed E-state index contributed by atoms with van der Waals surface area (Å²) in [5, 5.41) is 11.8. The van der Waals surface area contributed by atoms with Crippen molar-refractivity contribution in [2.24, 2.45) is 5.92 Å². The highest BCUT2D eigenvalue weighted by atomic mass is 16.4. The van der Waals surface area contributed by atoms with Crippen LogP contribution in [0.2, 0.25) is 0 Å². The topological polar surface area (TPSA) is 79.5 Å². The van der Waals surface area contributed by atoms with Crippen molar-refractivity contribution < 1.29 is 19.1 Å². The number of carbonyl (C=O) groups excluding carboxylic acids is 1. The highest BCUT2D eigenvalue weighted by Gasteiger charge is 2.33. The normalized spacial score (nSPS) is 22.8. The van der Waals surface area contributed by atoms with Crippen molar-refractivity contribution in [1.29, 1.82) is 0 Å². The molecule has 19 heavy (non-hydrogen) atoms. The standard InChI is InChI=1S/C14H17NO4/c1-9-5-6-10(19-9)7-8-13(16)15-12-4-2-3-11(12)14(17)18/h5-8,11-12H,2-4H2,1H3,(H,15,16)(H,17,18). The molecule has 1 aliphatic rings. The Morgan fingerprint density at radius 3 is 2.84 bits per heavy atom. The van der Waals surface area contributed by atoms with E-state index < -0.39 is 11.9 Å². The Balaban J connectivity index is 1.90. The molecule has 1 aliphatic carbocycles. The number of furan rings is 1. The summed E-state index contributed by atoms with van der Waals surface area (Å²) in [7, 11) is 0. The number of carbonyl (C=O) groups is 2. The molecule has 2 rings (SSSR count). The fourth-order valence-corrected chi connectivity index (χ4v) is 2.36. The summed E-state index contributed by atoms with van der Waals surface area (Å²) in [6.07, 6.45) is 5.13. The van der Waals surface area contributed by atoms with Crippen molar-refractivity contribution in [3.63, 3.8) is 0 Å². The molecule has 5 nitrogen and oxygen atoms in total. The van der Waals surface area contributed by atoms with Gasteiger partial charge in [0, 0.05) is 12.1 Å². The van der Waals surface area contributed by atoms with Gasteiger partial charge in [0.15, 0.2) is 0 Å². The number of nitrogens with one attached hydrogen (secondary N) is 1. The van der Waals surface area contributed by atoms with E-state index in [1.807, 2.05) is 13.0 Å². The van der Waals surface area contributed by atoms with Gasteiger partial charge in [-0.1, -0.05) is 6.42 Å². The zero-order valence-corrected chi connectivity index (χ0v) is 10.8. The van der Waals surface area contributed by atoms with Crippen LogP contribution in [0.4, 0.5) is 0 Å². The van der Waals surface area contributed by atoms with Crippen LogP contribution in [-0.4, -0.2) is 23.0 Å². The second kappa shape index (κ2) is 5.73. The summed E-state index contributed by atoms with van der Waals surface area (Å²) in [5.74, 6) is -0.209. The van der Waals surface area contributed by atoms with Gasteiger partial charge in [-0.05, 0) is 38.0 Å². The van der Waals surface area contributed by atoms with Crippen molar-refractivity contribution in [1.82, 2.24) is 5.32 Å². The van der Waals surface area contributed by atoms with E-state index in [4.69, 9.17) is 9.52 Å². The van der Waals surface area contributed by atoms with Crippen LogP contribution in [-0.2, 0) is 9.59 Å². The van der Waals surface area contributed by atoms with Crippen LogP contribution in [0.3, 0.4) is 0 Å². The van der Waals surface area contributed by atoms with Crippen molar-refractivity contribution in [3.8, 4) is 0 Å². The van der Waals surface area contributed by atoms with Gasteiger partial charge < -0.3 is 14.8 Å². The SMILES string of the molecule is Cc1ccc(C=CC(=O)NC2CCCC2C(=O)O)o1. The Bertz CT molecular complexity index is 503. The van der Waals surface area contributed by atoms with Gasteiger partial charge in [0.2, 0.25) is 5.91 Å². The smallest absolute Gasteiger partial charge is 0.308 e. The molecule has 102 valence electrons. The predicted molar refractivity (Wildman–Crippen MR) is 69.4 cm³/mol. The van der Waals surface area contributed by atoms with Crippen LogP contribution in [0.5, 0.6) is 0 Å². The predicted octanol–water partition coefficient (Wildman–Crippen LogP) is 1.97. The second-order valence-corrected chi connectivity index (χ2v) is 4.77. The van der Waals surface area contributed by atoms with Crippen molar-refractivity contribution in [2.45, 2.75) is 32.2 Å². The number of aliphatic carboxylic acids is 1. The van der Waals surface area contributed by atoms with Gasteiger partial charge >= 0.3 is 5.97 Å². The molecule has 1 amide bonds. The van der Waals surface area contributed by atoms with Crippen molar-refractivity contribution in [3.05, 3.63) is 29.7 Å². The number of carboxylic acid groups (broad SMARTS) is 1. The molecule has 1 heterocycles. The first-order chi connectivity index (χ1) is 9.06. The Morgan fingerprint density at radius 1 is 1.42 bits per heavy atom. The van der Waals surface area contributed by atoms with Gasteiger partial charge in [0.05, 0.1) is 5.92 Å². The molecule has 1 aromatic rings. The third-order valence-corrected chi connectivity index (χ3v) is 3.32. The average Bonchev–Trinajstić information content (AvgIpc) is 2.95. The lowest BCUT2D eigenvalue weighted by atomic mass is 10.0. The summed E-state index contributed by atoms with van der Waals surface area (Å²) >= 11 is 0. The summed E-state index contributed by atoms with van der Waals surface area (Å²) < 4.78 is 5.30. The first-order valence-corrected chi connectivity index (χ1v) is 6.34. The third-order valence-electron chi connectivity index (χ3n) is 3.32. The average molecular weight is 263 g/mol. The monoisotopic (exact) mass is 263 g/mol. The summed E-state index contributed by atoms with van der Waals surface area (Å²) in [6.45, 7) is 1.83. The molecule has 0 saturated heterocycles. The fraction of sp³-hybridized carbons (Fsp3) is 0.429. The Morgan fingerprint density at radius 2 is 2.21 bits per heavy atom. The molecule has 0 spiro atoms. The van der Waals surface area contributed by atoms with E-state index in [9.17, 15) is 9.59 Å². The zero-order chi connectivity index (χ0) is 13.8. The largest absolute Gasteiger partial charge is 0.481 e. The number of aryl methyl sites for hydroxylation is 1. The Labute approximate surface area is 111 Å². The minimum atomic E-state index is -0.839. The molecule has 1 saturated carbocycles. The Hall–Kier alpha value is -2.04. The van der Waals surface area contributed by atoms with Crippen LogP contribution in [0, 0.1) is 12.8 Å². The van der Waals surface area contributed by atoms with Crippen LogP contribution in [0.25, 0.3) is 6.08 Å². The number of rotatable bonds is 4. The molecule has 5 heteroatoms. The van der Waals surface area contributed by atoms with E-state index in [1.165, 1.54) is 6.08 Å². The number of hydrogen-bond acceptors (Lipinski definition) is 3. The van der Waals surface area contributed by atoms with Gasteiger partial charge in [0.25, 0.3) is 0 Å². The summed E-state index contributed by atoms with van der Waals surface area (Å²) in [6, 6.07) is 3.32. The first kappa shape index (κ1) is 13.4. The summed E-state index contributed by atoms with van der Waals surface area (Å²) in [5.41, 5.74) is 0. The molecule has 1 aromatic heterocycles. The van der Waals surface area contributed by atoms with Crippen molar-refractivity contribution >= 4 is 18.0 Å². The number of amides is 1. The molecule has 0 aromatic carbocycles. The molecule has 0 bridgehead atoms. The van der Waals surface area contributed by atoms with E-state index in [1.54, 1.807) is 12.1 Å². The zero-order valence-electron chi connectivity index (χ0n) is 10.8. The van der Waals surface area contributed by atoms with E-state index in [0.29, 0.717) is 12.2 Å². The van der Waals surface area contributed by atoms with Crippen LogP contribution >= 0.6 is 0 Å². The van der Waals surface area contributed by atoms with Gasteiger partial charge in [0.1, 0.15) is 11.5 Å². The third kappa shape index (κ3) is 3.47. The molecule has 2 unspecified atom stereocenters. The maximum Gasteiger partial charge on any atom is 0.308 e. The molecule has 2 atom stereocenters. The maximum absolute atomic E-state index is 11.7. The van der Waals surface area contributed by atoms with Gasteiger partial charge in [-0.3, -0.25) is 9.59 Å². The molecule has 1 fully saturated rings. The van der Waals surface area contributed by atoms with Gasteiger partial charge in [-0.2, -0.15) is 0 Å². The van der Waals surface area contributed by atoms with Crippen LogP contribution < -0.4 is 5.32 Å². The minimum absolute atomic E-state index is 0.270.